The van der Waals surface area contributed by atoms with Crippen molar-refractivity contribution < 1.29 is 28.7 Å². The molecule has 2 unspecified atom stereocenters. The summed E-state index contributed by atoms with van der Waals surface area (Å²) in [6.07, 6.45) is 6.05. The number of carbonyl (C=O) groups is 4. The van der Waals surface area contributed by atoms with Crippen molar-refractivity contribution in [2.75, 3.05) is 7.11 Å². The van der Waals surface area contributed by atoms with Crippen LogP contribution in [0.3, 0.4) is 0 Å². The van der Waals surface area contributed by atoms with Crippen LogP contribution in [0.5, 0.6) is 0 Å². The summed E-state index contributed by atoms with van der Waals surface area (Å²) in [4.78, 5) is 47.8. The maximum Gasteiger partial charge on any atom is 0.342 e. The number of hydrogen-bond donors (Lipinski definition) is 1. The van der Waals surface area contributed by atoms with E-state index in [1.807, 2.05) is 0 Å². The maximum atomic E-state index is 12.8. The van der Waals surface area contributed by atoms with E-state index in [9.17, 15) is 24.4 Å². The number of amides is 1. The number of ketones is 2. The summed E-state index contributed by atoms with van der Waals surface area (Å²) in [5.41, 5.74) is -1.21. The Bertz CT molecular complexity index is 935. The number of esters is 1. The van der Waals surface area contributed by atoms with Gasteiger partial charge in [0.2, 0.25) is 5.91 Å². The molecule has 0 bridgehead atoms. The zero-order chi connectivity index (χ0) is 25.4. The summed E-state index contributed by atoms with van der Waals surface area (Å²) in [5, 5.41) is 12.1. The number of rotatable bonds is 11. The summed E-state index contributed by atoms with van der Waals surface area (Å²) in [6, 6.07) is 2.00. The normalized spacial score (nSPS) is 19.4. The molecule has 1 N–H and O–H groups in total. The highest BCUT2D eigenvalue weighted by Crippen LogP contribution is 2.34. The quantitative estimate of drug-likeness (QED) is 0.218. The van der Waals surface area contributed by atoms with E-state index in [4.69, 9.17) is 9.47 Å². The number of nitriles is 1. The monoisotopic (exact) mass is 458 g/mol. The van der Waals surface area contributed by atoms with Gasteiger partial charge in [0.15, 0.2) is 5.78 Å². The highest BCUT2D eigenvalue weighted by atomic mass is 16.6. The third-order valence-electron chi connectivity index (χ3n) is 5.22. The Morgan fingerprint density at radius 3 is 2.45 bits per heavy atom. The molecule has 2 atom stereocenters. The fourth-order valence-corrected chi connectivity index (χ4v) is 3.24. The summed E-state index contributed by atoms with van der Waals surface area (Å²) < 4.78 is 11.0. The van der Waals surface area contributed by atoms with Crippen molar-refractivity contribution in [2.24, 2.45) is 5.41 Å². The Hall–Kier alpha value is -3.21. The number of hydrogen-bond acceptors (Lipinski definition) is 7. The SMILES string of the molecule is COC1=CC(C)(C#N)CC=C1/C=C(\C(C)=O)C(=O)OC(C)(C)CCC(C)NC(=O)CC(C)=O. The molecule has 0 spiro atoms. The van der Waals surface area contributed by atoms with E-state index in [1.165, 1.54) is 27.0 Å². The van der Waals surface area contributed by atoms with E-state index in [2.05, 4.69) is 11.4 Å². The van der Waals surface area contributed by atoms with Crippen LogP contribution in [0.15, 0.2) is 35.1 Å². The standard InChI is InChI=1S/C25H34N2O6/c1-16(27-22(30)12-17(2)28)8-10-24(4,5)33-23(31)20(18(3)29)13-19-9-11-25(6,15-26)14-21(19)32-7/h9,13-14,16H,8,10-12H2,1-7H3,(H,27,30)/b20-13+. The smallest absolute Gasteiger partial charge is 0.342 e. The lowest BCUT2D eigenvalue weighted by Gasteiger charge is -2.27. The zero-order valence-electron chi connectivity index (χ0n) is 20.5. The Morgan fingerprint density at radius 1 is 1.30 bits per heavy atom. The number of nitrogens with one attached hydrogen (secondary N) is 1. The second-order valence-electron chi connectivity index (χ2n) is 9.26. The molecule has 0 aliphatic heterocycles. The molecule has 1 amide bonds. The predicted molar refractivity (Wildman–Crippen MR) is 123 cm³/mol. The number of carbonyl (C=O) groups excluding carboxylic acids is 4. The van der Waals surface area contributed by atoms with E-state index in [0.29, 0.717) is 30.6 Å². The molecule has 8 heteroatoms. The first-order chi connectivity index (χ1) is 15.2. The fourth-order valence-electron chi connectivity index (χ4n) is 3.24. The highest BCUT2D eigenvalue weighted by molar-refractivity contribution is 6.16. The van der Waals surface area contributed by atoms with E-state index >= 15 is 0 Å². The van der Waals surface area contributed by atoms with E-state index in [0.717, 1.165) is 0 Å². The average molecular weight is 459 g/mol. The van der Waals surface area contributed by atoms with Gasteiger partial charge in [0.05, 0.1) is 25.0 Å². The zero-order valence-corrected chi connectivity index (χ0v) is 20.5. The van der Waals surface area contributed by atoms with Gasteiger partial charge in [0.25, 0.3) is 0 Å². The Morgan fingerprint density at radius 2 is 1.94 bits per heavy atom. The number of nitrogens with zero attached hydrogens (tertiary/aromatic N) is 1. The maximum absolute atomic E-state index is 12.8. The average Bonchev–Trinajstić information content (AvgIpc) is 2.70. The molecule has 0 radical (unpaired) electrons. The highest BCUT2D eigenvalue weighted by Gasteiger charge is 2.30. The number of ether oxygens (including phenoxy) is 2. The van der Waals surface area contributed by atoms with E-state index in [-0.39, 0.29) is 29.7 Å². The molecular formula is C25H34N2O6. The lowest BCUT2D eigenvalue weighted by molar-refractivity contribution is -0.153. The molecule has 180 valence electrons. The van der Waals surface area contributed by atoms with Crippen LogP contribution in [0, 0.1) is 16.7 Å². The van der Waals surface area contributed by atoms with Gasteiger partial charge >= 0.3 is 5.97 Å². The summed E-state index contributed by atoms with van der Waals surface area (Å²) in [5.74, 6) is -1.36. The van der Waals surface area contributed by atoms with Crippen LogP contribution < -0.4 is 5.32 Å². The van der Waals surface area contributed by atoms with Gasteiger partial charge in [-0.25, -0.2) is 4.79 Å². The molecule has 0 aromatic heterocycles. The molecule has 0 saturated heterocycles. The molecule has 1 rings (SSSR count). The number of methoxy groups -OCH3 is 1. The van der Waals surface area contributed by atoms with Crippen LogP contribution in [0.1, 0.15) is 67.2 Å². The van der Waals surface area contributed by atoms with Crippen LogP contribution in [0.2, 0.25) is 0 Å². The van der Waals surface area contributed by atoms with E-state index in [1.54, 1.807) is 39.8 Å². The predicted octanol–water partition coefficient (Wildman–Crippen LogP) is 3.48. The lowest BCUT2D eigenvalue weighted by Crippen LogP contribution is -2.36. The number of Topliss-reactive ketones (excluding diaryl/α,β-unsaturated/α-hetero) is 2. The Balaban J connectivity index is 2.89. The third kappa shape index (κ3) is 9.05. The van der Waals surface area contributed by atoms with Crippen molar-refractivity contribution in [1.29, 1.82) is 5.26 Å². The topological polar surface area (TPSA) is 123 Å². The molecule has 8 nitrogen and oxygen atoms in total. The molecule has 0 saturated carbocycles. The molecule has 1 aliphatic rings. The molecule has 0 aromatic carbocycles. The minimum absolute atomic E-state index is 0.124. The lowest BCUT2D eigenvalue weighted by atomic mass is 9.82. The summed E-state index contributed by atoms with van der Waals surface area (Å²) >= 11 is 0. The van der Waals surface area contributed by atoms with Crippen molar-refractivity contribution in [3.63, 3.8) is 0 Å². The summed E-state index contributed by atoms with van der Waals surface area (Å²) in [6.45, 7) is 9.67. The first-order valence-corrected chi connectivity index (χ1v) is 10.9. The van der Waals surface area contributed by atoms with Gasteiger partial charge in [-0.05, 0) is 73.0 Å². The van der Waals surface area contributed by atoms with Crippen LogP contribution in [0.25, 0.3) is 0 Å². The van der Waals surface area contributed by atoms with Crippen LogP contribution in [0.4, 0.5) is 0 Å². The largest absolute Gasteiger partial charge is 0.496 e. The van der Waals surface area contributed by atoms with Gasteiger partial charge in [-0.1, -0.05) is 6.08 Å². The fraction of sp³-hybridized carbons (Fsp3) is 0.560. The van der Waals surface area contributed by atoms with Crippen molar-refractivity contribution in [3.8, 4) is 6.07 Å². The van der Waals surface area contributed by atoms with Crippen LogP contribution >= 0.6 is 0 Å². The molecule has 0 heterocycles. The summed E-state index contributed by atoms with van der Waals surface area (Å²) in [7, 11) is 1.46. The minimum Gasteiger partial charge on any atom is -0.496 e. The minimum atomic E-state index is -0.897. The Labute approximate surface area is 195 Å². The number of allylic oxidation sites excluding steroid dienone is 3. The first kappa shape index (κ1) is 27.8. The van der Waals surface area contributed by atoms with Gasteiger partial charge in [0, 0.05) is 11.6 Å². The van der Waals surface area contributed by atoms with Crippen molar-refractivity contribution >= 4 is 23.4 Å². The third-order valence-corrected chi connectivity index (χ3v) is 5.22. The van der Waals surface area contributed by atoms with Gasteiger partial charge in [-0.3, -0.25) is 14.4 Å². The van der Waals surface area contributed by atoms with Crippen molar-refractivity contribution in [2.45, 2.75) is 78.9 Å². The van der Waals surface area contributed by atoms with Crippen molar-refractivity contribution in [1.82, 2.24) is 5.32 Å². The van der Waals surface area contributed by atoms with Gasteiger partial charge in [0.1, 0.15) is 22.7 Å². The first-order valence-electron chi connectivity index (χ1n) is 10.9. The second kappa shape index (κ2) is 11.6. The van der Waals surface area contributed by atoms with Crippen molar-refractivity contribution in [3.05, 3.63) is 35.1 Å². The van der Waals surface area contributed by atoms with Gasteiger partial charge in [-0.15, -0.1) is 0 Å². The molecule has 0 fully saturated rings. The molecule has 1 aliphatic carbocycles. The second-order valence-corrected chi connectivity index (χ2v) is 9.26. The molecule has 33 heavy (non-hydrogen) atoms. The Kier molecular flexibility index (Phi) is 9.78. The van der Waals surface area contributed by atoms with E-state index < -0.39 is 22.8 Å². The van der Waals surface area contributed by atoms with Crippen LogP contribution in [-0.4, -0.2) is 42.2 Å². The van der Waals surface area contributed by atoms with Crippen LogP contribution in [-0.2, 0) is 28.7 Å². The van der Waals surface area contributed by atoms with Gasteiger partial charge in [-0.2, -0.15) is 5.26 Å². The molecule has 0 aromatic rings. The van der Waals surface area contributed by atoms with Gasteiger partial charge < -0.3 is 14.8 Å². The molecular weight excluding hydrogens is 424 g/mol.